The number of hydrogen-bond acceptors (Lipinski definition) is 11. The maximum atomic E-state index is 13.1. The van der Waals surface area contributed by atoms with Gasteiger partial charge in [0.1, 0.15) is 29.7 Å². The lowest BCUT2D eigenvalue weighted by Gasteiger charge is -2.30. The minimum Gasteiger partial charge on any atom is -0.387 e. The minimum absolute atomic E-state index is 0.110. The smallest absolute Gasteiger partial charge is 0.387 e. The van der Waals surface area contributed by atoms with Crippen molar-refractivity contribution in [2.75, 3.05) is 18.9 Å². The topological polar surface area (TPSA) is 164 Å². The number of benzene rings is 1. The molecule has 0 aliphatic carbocycles. The molecule has 15 heteroatoms. The summed E-state index contributed by atoms with van der Waals surface area (Å²) in [5, 5.41) is 22.5. The number of anilines is 1. The van der Waals surface area contributed by atoms with Gasteiger partial charge in [-0.3, -0.25) is 18.1 Å². The molecule has 0 saturated carbocycles. The Kier molecular flexibility index (Phi) is 6.54. The summed E-state index contributed by atoms with van der Waals surface area (Å²) in [5.41, 5.74) is 5.36. The predicted octanol–water partition coefficient (Wildman–Crippen LogP) is 3.03. The summed E-state index contributed by atoms with van der Waals surface area (Å²) in [5.74, 6) is 0.160. The van der Waals surface area contributed by atoms with Crippen molar-refractivity contribution in [3.05, 3.63) is 46.5 Å². The zero-order valence-electron chi connectivity index (χ0n) is 18.3. The van der Waals surface area contributed by atoms with E-state index in [2.05, 4.69) is 15.0 Å². The number of fused-ring (bicyclic) bond motifs is 1. The van der Waals surface area contributed by atoms with Gasteiger partial charge in [-0.25, -0.2) is 19.5 Å². The molecule has 4 heterocycles. The molecule has 2 unspecified atom stereocenters. The molecule has 1 aromatic carbocycles. The molecule has 0 radical (unpaired) electrons. The van der Waals surface area contributed by atoms with Gasteiger partial charge in [-0.2, -0.15) is 0 Å². The molecule has 2 aliphatic rings. The molecule has 0 amide bonds. The monoisotopic (exact) mass is 545 g/mol. The van der Waals surface area contributed by atoms with E-state index in [1.165, 1.54) is 24.1 Å². The van der Waals surface area contributed by atoms with Crippen LogP contribution in [0.25, 0.3) is 11.2 Å². The third kappa shape index (κ3) is 4.55. The zero-order valence-corrected chi connectivity index (χ0v) is 20.7. The van der Waals surface area contributed by atoms with Gasteiger partial charge < -0.3 is 20.7 Å². The fourth-order valence-corrected chi connectivity index (χ4v) is 5.80. The van der Waals surface area contributed by atoms with Gasteiger partial charge in [0, 0.05) is 6.42 Å². The van der Waals surface area contributed by atoms with Crippen LogP contribution >= 0.6 is 31.0 Å². The Morgan fingerprint density at radius 2 is 2.11 bits per heavy atom. The maximum Gasteiger partial charge on any atom is 0.475 e. The standard InChI is InChI=1S/C20H22Cl2N5O7P/c1-20(29)16(28)14(33-19(20)27-9-26-15-17(23)24-8-25-18(15)27)7-32-35(30)31-5-4-13(34-35)10-2-3-11(21)12(22)6-10/h2-3,6,8-9,13-14,16,19,28-29H,4-5,7H2,1H3,(H2,23,24,25)/t13?,14-,16-,19-,20-,35?/m1/s1. The second kappa shape index (κ2) is 9.22. The van der Waals surface area contributed by atoms with Gasteiger partial charge in [-0.1, -0.05) is 29.3 Å². The van der Waals surface area contributed by atoms with Gasteiger partial charge in [-0.05, 0) is 24.6 Å². The molecule has 6 atom stereocenters. The van der Waals surface area contributed by atoms with Crippen molar-refractivity contribution in [1.82, 2.24) is 19.5 Å². The van der Waals surface area contributed by atoms with E-state index in [0.29, 0.717) is 33.2 Å². The number of aromatic nitrogens is 4. The van der Waals surface area contributed by atoms with E-state index in [4.69, 9.17) is 47.2 Å². The normalized spacial score (nSPS) is 33.4. The zero-order chi connectivity index (χ0) is 25.0. The van der Waals surface area contributed by atoms with E-state index in [-0.39, 0.29) is 19.0 Å². The van der Waals surface area contributed by atoms with Gasteiger partial charge >= 0.3 is 7.82 Å². The molecule has 2 saturated heterocycles. The van der Waals surface area contributed by atoms with Crippen molar-refractivity contribution in [3.63, 3.8) is 0 Å². The van der Waals surface area contributed by atoms with E-state index >= 15 is 0 Å². The van der Waals surface area contributed by atoms with E-state index in [9.17, 15) is 14.8 Å². The average Bonchev–Trinajstić information content (AvgIpc) is 3.34. The van der Waals surface area contributed by atoms with E-state index in [0.717, 1.165) is 0 Å². The second-order valence-corrected chi connectivity index (χ2v) is 10.8. The van der Waals surface area contributed by atoms with E-state index in [1.807, 2.05) is 0 Å². The average molecular weight is 546 g/mol. The van der Waals surface area contributed by atoms with Gasteiger partial charge in [0.2, 0.25) is 0 Å². The SMILES string of the molecule is C[C@@]1(O)[C@H](O)[C@@H](COP2(=O)OCCC(c3ccc(Cl)c(Cl)c3)O2)O[C@H]1n1cnc2c(N)ncnc21. The molecule has 0 spiro atoms. The van der Waals surface area contributed by atoms with Crippen molar-refractivity contribution in [2.24, 2.45) is 0 Å². The maximum absolute atomic E-state index is 13.1. The van der Waals surface area contributed by atoms with Crippen LogP contribution < -0.4 is 5.73 Å². The fraction of sp³-hybridized carbons (Fsp3) is 0.450. The quantitative estimate of drug-likeness (QED) is 0.403. The van der Waals surface area contributed by atoms with Crippen LogP contribution in [0.3, 0.4) is 0 Å². The lowest BCUT2D eigenvalue weighted by Crippen LogP contribution is -2.44. The highest BCUT2D eigenvalue weighted by molar-refractivity contribution is 7.48. The Morgan fingerprint density at radius 3 is 2.89 bits per heavy atom. The molecule has 2 aromatic heterocycles. The second-order valence-electron chi connectivity index (χ2n) is 8.41. The van der Waals surface area contributed by atoms with Gasteiger partial charge in [0.15, 0.2) is 17.7 Å². The lowest BCUT2D eigenvalue weighted by molar-refractivity contribution is -0.0953. The van der Waals surface area contributed by atoms with Crippen LogP contribution in [0.2, 0.25) is 10.0 Å². The third-order valence-corrected chi connectivity index (χ3v) is 8.21. The van der Waals surface area contributed by atoms with Crippen LogP contribution in [0.1, 0.15) is 31.2 Å². The van der Waals surface area contributed by atoms with Crippen LogP contribution in [0.4, 0.5) is 5.82 Å². The number of hydrogen-bond donors (Lipinski definition) is 3. The number of nitrogen functional groups attached to an aromatic ring is 1. The molecule has 4 N–H and O–H groups in total. The number of halogens is 2. The number of nitrogens with zero attached hydrogens (tertiary/aromatic N) is 4. The Bertz CT molecular complexity index is 1310. The predicted molar refractivity (Wildman–Crippen MR) is 125 cm³/mol. The number of aliphatic hydroxyl groups is 2. The highest BCUT2D eigenvalue weighted by atomic mass is 35.5. The largest absolute Gasteiger partial charge is 0.475 e. The summed E-state index contributed by atoms with van der Waals surface area (Å²) in [7, 11) is -4.01. The molecular weight excluding hydrogens is 524 g/mol. The fourth-order valence-electron chi connectivity index (χ4n) is 4.10. The summed E-state index contributed by atoms with van der Waals surface area (Å²) < 4.78 is 36.9. The van der Waals surface area contributed by atoms with Gasteiger partial charge in [0.25, 0.3) is 0 Å². The molecule has 3 aromatic rings. The number of ether oxygens (including phenoxy) is 1. The van der Waals surface area contributed by atoms with E-state index < -0.39 is 38.0 Å². The summed E-state index contributed by atoms with van der Waals surface area (Å²) in [6, 6.07) is 4.96. The van der Waals surface area contributed by atoms with Gasteiger partial charge in [0.05, 0.1) is 35.7 Å². The number of phosphoric acid groups is 1. The highest BCUT2D eigenvalue weighted by Gasteiger charge is 2.54. The van der Waals surface area contributed by atoms with Crippen molar-refractivity contribution in [2.45, 2.75) is 43.5 Å². The Balaban J connectivity index is 1.30. The molecule has 0 bridgehead atoms. The molecule has 5 rings (SSSR count). The van der Waals surface area contributed by atoms with Crippen molar-refractivity contribution >= 4 is 48.0 Å². The van der Waals surface area contributed by atoms with Crippen LogP contribution in [-0.4, -0.2) is 60.8 Å². The first-order valence-electron chi connectivity index (χ1n) is 10.6. The van der Waals surface area contributed by atoms with Gasteiger partial charge in [-0.15, -0.1) is 0 Å². The summed E-state index contributed by atoms with van der Waals surface area (Å²) >= 11 is 12.1. The molecule has 2 fully saturated rings. The molecule has 2 aliphatic heterocycles. The lowest BCUT2D eigenvalue weighted by atomic mass is 9.96. The minimum atomic E-state index is -4.01. The first-order chi connectivity index (χ1) is 16.6. The summed E-state index contributed by atoms with van der Waals surface area (Å²) in [4.78, 5) is 12.2. The molecular formula is C20H22Cl2N5O7P. The number of aliphatic hydroxyl groups excluding tert-OH is 1. The third-order valence-electron chi connectivity index (χ3n) is 5.99. The van der Waals surface area contributed by atoms with Crippen LogP contribution in [-0.2, 0) is 22.9 Å². The van der Waals surface area contributed by atoms with Crippen molar-refractivity contribution < 1.29 is 33.1 Å². The number of nitrogens with two attached hydrogens (primary N) is 1. The first kappa shape index (κ1) is 24.8. The van der Waals surface area contributed by atoms with Crippen LogP contribution in [0.5, 0.6) is 0 Å². The Labute approximate surface area is 209 Å². The number of phosphoric ester groups is 1. The highest BCUT2D eigenvalue weighted by Crippen LogP contribution is 2.57. The van der Waals surface area contributed by atoms with E-state index in [1.54, 1.807) is 18.2 Å². The Morgan fingerprint density at radius 1 is 1.31 bits per heavy atom. The van der Waals surface area contributed by atoms with Crippen LogP contribution in [0.15, 0.2) is 30.9 Å². The molecule has 12 nitrogen and oxygen atoms in total. The van der Waals surface area contributed by atoms with Crippen molar-refractivity contribution in [3.8, 4) is 0 Å². The summed E-state index contributed by atoms with van der Waals surface area (Å²) in [6.07, 6.45) is -1.13. The van der Waals surface area contributed by atoms with Crippen molar-refractivity contribution in [1.29, 1.82) is 0 Å². The first-order valence-corrected chi connectivity index (χ1v) is 12.8. The summed E-state index contributed by atoms with van der Waals surface area (Å²) in [6.45, 7) is 1.12. The van der Waals surface area contributed by atoms with Crippen LogP contribution in [0, 0.1) is 0 Å². The molecule has 188 valence electrons. The number of imidazole rings is 1. The Hall–Kier alpha value is -1.86. The number of rotatable bonds is 5. The molecule has 35 heavy (non-hydrogen) atoms.